The minimum atomic E-state index is -1.63. The van der Waals surface area contributed by atoms with E-state index in [4.69, 9.17) is 20.9 Å². The van der Waals surface area contributed by atoms with Crippen molar-refractivity contribution in [3.63, 3.8) is 0 Å². The van der Waals surface area contributed by atoms with Crippen LogP contribution in [0.4, 0.5) is 0 Å². The molecule has 4 N–H and O–H groups in total. The standard InChI is InChI=1S/C29H28N2O9/c1-11(39-3)21(30)28(37)19-24(33)15-7-5-13(9-17(15)26(19)35)23(32)14-6-8-16-18(10-14)27(36)20(25(16)34)29(38)22(31)12(2)40-4/h5-12,19-22H,30-31H2,1-4H3/t11-,12+,19?,20?,21+,22-. The van der Waals surface area contributed by atoms with Gasteiger partial charge in [-0.3, -0.25) is 33.6 Å². The highest BCUT2D eigenvalue weighted by Gasteiger charge is 2.47. The molecule has 4 rings (SSSR count). The van der Waals surface area contributed by atoms with E-state index in [9.17, 15) is 33.6 Å². The number of nitrogens with two attached hydrogens (primary N) is 2. The summed E-state index contributed by atoms with van der Waals surface area (Å²) in [5.41, 5.74) is 11.6. The van der Waals surface area contributed by atoms with Gasteiger partial charge in [0.15, 0.2) is 40.5 Å². The lowest BCUT2D eigenvalue weighted by Crippen LogP contribution is -2.47. The van der Waals surface area contributed by atoms with Crippen LogP contribution >= 0.6 is 0 Å². The average molecular weight is 549 g/mol. The van der Waals surface area contributed by atoms with Crippen molar-refractivity contribution >= 4 is 40.5 Å². The fourth-order valence-corrected chi connectivity index (χ4v) is 4.89. The van der Waals surface area contributed by atoms with Gasteiger partial charge in [0.1, 0.15) is 11.8 Å². The molecule has 2 aromatic rings. The number of ketones is 7. The highest BCUT2D eigenvalue weighted by atomic mass is 16.5. The number of carbonyl (C=O) groups is 7. The second kappa shape index (κ2) is 10.9. The van der Waals surface area contributed by atoms with Gasteiger partial charge < -0.3 is 20.9 Å². The lowest BCUT2D eigenvalue weighted by Gasteiger charge is -2.19. The van der Waals surface area contributed by atoms with Crippen LogP contribution in [0.15, 0.2) is 36.4 Å². The second-order valence-electron chi connectivity index (χ2n) is 9.91. The van der Waals surface area contributed by atoms with E-state index in [1.54, 1.807) is 0 Å². The zero-order chi connectivity index (χ0) is 29.6. The fraction of sp³-hybridized carbons (Fsp3) is 0.345. The Hall–Kier alpha value is -4.03. The van der Waals surface area contributed by atoms with Crippen molar-refractivity contribution in [2.24, 2.45) is 23.3 Å². The molecule has 0 fully saturated rings. The van der Waals surface area contributed by atoms with E-state index in [-0.39, 0.29) is 33.4 Å². The first-order valence-electron chi connectivity index (χ1n) is 12.5. The molecular formula is C29H28N2O9. The molecule has 0 aromatic heterocycles. The van der Waals surface area contributed by atoms with Gasteiger partial charge in [0.05, 0.1) is 24.3 Å². The van der Waals surface area contributed by atoms with E-state index in [2.05, 4.69) is 0 Å². The van der Waals surface area contributed by atoms with Crippen molar-refractivity contribution in [1.82, 2.24) is 0 Å². The zero-order valence-electron chi connectivity index (χ0n) is 22.3. The summed E-state index contributed by atoms with van der Waals surface area (Å²) >= 11 is 0. The van der Waals surface area contributed by atoms with Gasteiger partial charge in [0.2, 0.25) is 0 Å². The molecule has 208 valence electrons. The van der Waals surface area contributed by atoms with Gasteiger partial charge in [0, 0.05) is 47.6 Å². The number of methoxy groups -OCH3 is 2. The van der Waals surface area contributed by atoms with Crippen LogP contribution in [-0.2, 0) is 19.1 Å². The average Bonchev–Trinajstić information content (AvgIpc) is 3.37. The van der Waals surface area contributed by atoms with E-state index in [1.807, 2.05) is 0 Å². The quantitative estimate of drug-likeness (QED) is 0.315. The van der Waals surface area contributed by atoms with Gasteiger partial charge >= 0.3 is 0 Å². The van der Waals surface area contributed by atoms with Gasteiger partial charge in [-0.05, 0) is 38.1 Å². The first-order valence-corrected chi connectivity index (χ1v) is 12.5. The molecule has 0 spiro atoms. The number of carbonyl (C=O) groups excluding carboxylic acids is 7. The Kier molecular flexibility index (Phi) is 7.86. The van der Waals surface area contributed by atoms with Crippen LogP contribution in [0.2, 0.25) is 0 Å². The Balaban J connectivity index is 1.61. The molecule has 11 heteroatoms. The van der Waals surface area contributed by atoms with Gasteiger partial charge in [0.25, 0.3) is 0 Å². The Labute approximate surface area is 229 Å². The monoisotopic (exact) mass is 548 g/mol. The summed E-state index contributed by atoms with van der Waals surface area (Å²) in [5, 5.41) is 0. The maximum atomic E-state index is 13.3. The lowest BCUT2D eigenvalue weighted by atomic mass is 9.91. The molecule has 0 saturated heterocycles. The zero-order valence-corrected chi connectivity index (χ0v) is 22.3. The van der Waals surface area contributed by atoms with Crippen molar-refractivity contribution in [1.29, 1.82) is 0 Å². The molecule has 0 amide bonds. The maximum absolute atomic E-state index is 13.3. The normalized spacial score (nSPS) is 21.1. The topological polar surface area (TPSA) is 190 Å². The van der Waals surface area contributed by atoms with E-state index in [0.717, 1.165) is 0 Å². The Morgan fingerprint density at radius 3 is 1.27 bits per heavy atom. The van der Waals surface area contributed by atoms with Crippen LogP contribution in [0.25, 0.3) is 0 Å². The van der Waals surface area contributed by atoms with Crippen molar-refractivity contribution in [3.8, 4) is 0 Å². The molecular weight excluding hydrogens is 520 g/mol. The molecule has 0 aliphatic heterocycles. The van der Waals surface area contributed by atoms with Gasteiger partial charge in [-0.15, -0.1) is 0 Å². The number of ether oxygens (including phenoxy) is 2. The van der Waals surface area contributed by atoms with Crippen LogP contribution in [0.5, 0.6) is 0 Å². The maximum Gasteiger partial charge on any atom is 0.193 e. The predicted molar refractivity (Wildman–Crippen MR) is 140 cm³/mol. The highest BCUT2D eigenvalue weighted by Crippen LogP contribution is 2.32. The second-order valence-corrected chi connectivity index (χ2v) is 9.91. The van der Waals surface area contributed by atoms with Crippen molar-refractivity contribution in [2.45, 2.75) is 38.1 Å². The van der Waals surface area contributed by atoms with Crippen LogP contribution in [0.3, 0.4) is 0 Å². The first kappa shape index (κ1) is 29.0. The smallest absolute Gasteiger partial charge is 0.193 e. The van der Waals surface area contributed by atoms with Crippen molar-refractivity contribution < 1.29 is 43.0 Å². The third-order valence-corrected chi connectivity index (χ3v) is 7.66. The molecule has 0 radical (unpaired) electrons. The van der Waals surface area contributed by atoms with Crippen molar-refractivity contribution in [2.75, 3.05) is 14.2 Å². The Bertz CT molecular complexity index is 1380. The number of Topliss-reactive ketones (excluding diaryl/α,β-unsaturated/α-hetero) is 6. The number of hydrogen-bond donors (Lipinski definition) is 2. The molecule has 40 heavy (non-hydrogen) atoms. The van der Waals surface area contributed by atoms with E-state index >= 15 is 0 Å². The SMILES string of the molecule is CO[C@@H](C)[C@@H](N)C(=O)C1C(=O)c2ccc(C(=O)c3ccc4c(c3)C(=O)C(C(=O)[C@@H](N)[C@@H](C)OC)C4=O)cc2C1=O. The number of hydrogen-bond acceptors (Lipinski definition) is 11. The van der Waals surface area contributed by atoms with Crippen LogP contribution < -0.4 is 11.5 Å². The van der Waals surface area contributed by atoms with Crippen LogP contribution in [0, 0.1) is 11.8 Å². The third-order valence-electron chi connectivity index (χ3n) is 7.66. The molecule has 0 bridgehead atoms. The minimum Gasteiger partial charge on any atom is -0.380 e. The molecule has 0 saturated carbocycles. The van der Waals surface area contributed by atoms with Gasteiger partial charge in [-0.2, -0.15) is 0 Å². The highest BCUT2D eigenvalue weighted by molar-refractivity contribution is 6.37. The minimum absolute atomic E-state index is 0.00474. The van der Waals surface area contributed by atoms with Gasteiger partial charge in [-0.1, -0.05) is 12.1 Å². The van der Waals surface area contributed by atoms with Crippen LogP contribution in [0.1, 0.15) is 71.2 Å². The molecule has 11 nitrogen and oxygen atoms in total. The number of rotatable bonds is 10. The molecule has 2 aliphatic rings. The molecule has 6 atom stereocenters. The van der Waals surface area contributed by atoms with Crippen LogP contribution in [-0.4, -0.2) is 79.0 Å². The summed E-state index contributed by atoms with van der Waals surface area (Å²) in [5.74, 6) is -8.37. The largest absolute Gasteiger partial charge is 0.380 e. The summed E-state index contributed by atoms with van der Waals surface area (Å²) in [6.45, 7) is 3.08. The van der Waals surface area contributed by atoms with E-state index in [1.165, 1.54) is 64.5 Å². The molecule has 0 heterocycles. The Morgan fingerprint density at radius 2 is 0.950 bits per heavy atom. The fourth-order valence-electron chi connectivity index (χ4n) is 4.89. The summed E-state index contributed by atoms with van der Waals surface area (Å²) in [7, 11) is 2.69. The van der Waals surface area contributed by atoms with E-state index < -0.39 is 76.6 Å². The van der Waals surface area contributed by atoms with Gasteiger partial charge in [-0.25, -0.2) is 0 Å². The molecule has 2 aromatic carbocycles. The third kappa shape index (κ3) is 4.56. The lowest BCUT2D eigenvalue weighted by molar-refractivity contribution is -0.125. The number of benzene rings is 2. The van der Waals surface area contributed by atoms with E-state index in [0.29, 0.717) is 0 Å². The summed E-state index contributed by atoms with van der Waals surface area (Å²) in [6.07, 6.45) is -1.45. The first-order chi connectivity index (χ1) is 18.8. The predicted octanol–water partition coefficient (Wildman–Crippen LogP) is 0.771. The van der Waals surface area contributed by atoms with Crippen molar-refractivity contribution in [3.05, 3.63) is 69.8 Å². The summed E-state index contributed by atoms with van der Waals surface area (Å²) < 4.78 is 10.1. The Morgan fingerprint density at radius 1 is 0.625 bits per heavy atom. The molecule has 2 aliphatic carbocycles. The number of fused-ring (bicyclic) bond motifs is 2. The summed E-state index contributed by atoms with van der Waals surface area (Å²) in [4.78, 5) is 90.8. The molecule has 2 unspecified atom stereocenters. The summed E-state index contributed by atoms with van der Waals surface area (Å²) in [6, 6.07) is 5.26.